The first-order chi connectivity index (χ1) is 7.29. The lowest BCUT2D eigenvalue weighted by Gasteiger charge is -2.12. The number of rotatable bonds is 5. The lowest BCUT2D eigenvalue weighted by atomic mass is 10.1. The molecule has 0 fully saturated rings. The first kappa shape index (κ1) is 11.6. The molecule has 0 bridgehead atoms. The summed E-state index contributed by atoms with van der Waals surface area (Å²) in [6, 6.07) is 6.12. The van der Waals surface area contributed by atoms with Crippen molar-refractivity contribution in [3.63, 3.8) is 0 Å². The fraction of sp³-hybridized carbons (Fsp3) is 0.385. The van der Waals surface area contributed by atoms with Crippen molar-refractivity contribution in [1.82, 2.24) is 5.32 Å². The summed E-state index contributed by atoms with van der Waals surface area (Å²) in [5.74, 6) is 3.40. The van der Waals surface area contributed by atoms with Gasteiger partial charge in [0.15, 0.2) is 0 Å². The van der Waals surface area contributed by atoms with Crippen molar-refractivity contribution in [2.24, 2.45) is 0 Å². The van der Waals surface area contributed by atoms with E-state index in [1.807, 2.05) is 19.1 Å². The average Bonchev–Trinajstić information content (AvgIpc) is 2.25. The molecule has 0 spiro atoms. The van der Waals surface area contributed by atoms with Crippen LogP contribution in [0.1, 0.15) is 18.1 Å². The second kappa shape index (κ2) is 6.10. The highest BCUT2D eigenvalue weighted by Crippen LogP contribution is 2.23. The number of hydrogen-bond acceptors (Lipinski definition) is 2. The van der Waals surface area contributed by atoms with Gasteiger partial charge in [-0.2, -0.15) is 0 Å². The normalized spacial score (nSPS) is 9.67. The van der Waals surface area contributed by atoms with Crippen molar-refractivity contribution in [2.45, 2.75) is 20.4 Å². The van der Waals surface area contributed by atoms with Crippen LogP contribution in [-0.2, 0) is 6.54 Å². The number of ether oxygens (including phenoxy) is 1. The zero-order chi connectivity index (χ0) is 11.1. The van der Waals surface area contributed by atoms with Gasteiger partial charge in [-0.05, 0) is 19.0 Å². The van der Waals surface area contributed by atoms with E-state index >= 15 is 0 Å². The van der Waals surface area contributed by atoms with Crippen molar-refractivity contribution in [2.75, 3.05) is 13.2 Å². The highest BCUT2D eigenvalue weighted by molar-refractivity contribution is 5.40. The molecule has 0 aromatic heterocycles. The van der Waals surface area contributed by atoms with E-state index in [4.69, 9.17) is 11.2 Å². The average molecular weight is 203 g/mol. The number of aryl methyl sites for hydroxylation is 1. The first-order valence-electron chi connectivity index (χ1n) is 5.15. The van der Waals surface area contributed by atoms with Gasteiger partial charge in [0.1, 0.15) is 12.4 Å². The minimum absolute atomic E-state index is 0.323. The van der Waals surface area contributed by atoms with Gasteiger partial charge >= 0.3 is 0 Å². The molecule has 0 aliphatic heterocycles. The second-order valence-electron chi connectivity index (χ2n) is 3.34. The van der Waals surface area contributed by atoms with Crippen molar-refractivity contribution < 1.29 is 4.74 Å². The zero-order valence-electron chi connectivity index (χ0n) is 9.34. The number of terminal acetylenes is 1. The van der Waals surface area contributed by atoms with Gasteiger partial charge in [0.2, 0.25) is 0 Å². The smallest absolute Gasteiger partial charge is 0.148 e. The molecule has 0 amide bonds. The molecule has 0 radical (unpaired) electrons. The molecule has 1 N–H and O–H groups in total. The molecule has 0 aliphatic rings. The van der Waals surface area contributed by atoms with Crippen LogP contribution in [0.5, 0.6) is 5.75 Å². The van der Waals surface area contributed by atoms with Crippen LogP contribution < -0.4 is 10.1 Å². The molecule has 2 heteroatoms. The first-order valence-corrected chi connectivity index (χ1v) is 5.15. The molecule has 0 aliphatic carbocycles. The van der Waals surface area contributed by atoms with Gasteiger partial charge in [-0.1, -0.05) is 31.0 Å². The Hall–Kier alpha value is -1.46. The minimum atomic E-state index is 0.323. The molecule has 1 aromatic rings. The summed E-state index contributed by atoms with van der Waals surface area (Å²) in [6.45, 7) is 6.20. The van der Waals surface area contributed by atoms with Crippen LogP contribution >= 0.6 is 0 Å². The summed E-state index contributed by atoms with van der Waals surface area (Å²) in [4.78, 5) is 0. The molecular weight excluding hydrogens is 186 g/mol. The monoisotopic (exact) mass is 203 g/mol. The number of hydrogen-bond donors (Lipinski definition) is 1. The lowest BCUT2D eigenvalue weighted by Crippen LogP contribution is -2.13. The molecule has 1 rings (SSSR count). The van der Waals surface area contributed by atoms with Crippen molar-refractivity contribution in [3.8, 4) is 18.1 Å². The van der Waals surface area contributed by atoms with Gasteiger partial charge in [-0.25, -0.2) is 0 Å². The predicted molar refractivity (Wildman–Crippen MR) is 62.9 cm³/mol. The van der Waals surface area contributed by atoms with Crippen LogP contribution in [0.4, 0.5) is 0 Å². The molecule has 2 nitrogen and oxygen atoms in total. The fourth-order valence-corrected chi connectivity index (χ4v) is 1.43. The summed E-state index contributed by atoms with van der Waals surface area (Å²) in [5, 5.41) is 3.28. The van der Waals surface area contributed by atoms with Gasteiger partial charge in [0.05, 0.1) is 0 Å². The molecule has 0 saturated carbocycles. The number of para-hydroxylation sites is 1. The van der Waals surface area contributed by atoms with E-state index in [2.05, 4.69) is 24.2 Å². The van der Waals surface area contributed by atoms with E-state index in [1.54, 1.807) is 0 Å². The Morgan fingerprint density at radius 1 is 1.47 bits per heavy atom. The highest BCUT2D eigenvalue weighted by Gasteiger charge is 2.05. The van der Waals surface area contributed by atoms with Crippen molar-refractivity contribution in [3.05, 3.63) is 29.3 Å². The standard InChI is InChI=1S/C13H17NO/c1-4-9-15-13-11(3)7-6-8-12(13)10-14-5-2/h1,6-8,14H,5,9-10H2,2-3H3. The Balaban J connectivity index is 2.83. The Labute approximate surface area is 91.6 Å². The third-order valence-corrected chi connectivity index (χ3v) is 2.16. The van der Waals surface area contributed by atoms with Gasteiger partial charge in [-0.15, -0.1) is 6.42 Å². The highest BCUT2D eigenvalue weighted by atomic mass is 16.5. The van der Waals surface area contributed by atoms with Crippen LogP contribution in [0.3, 0.4) is 0 Å². The van der Waals surface area contributed by atoms with E-state index in [-0.39, 0.29) is 0 Å². The Kier molecular flexibility index (Phi) is 4.73. The maximum absolute atomic E-state index is 5.54. The largest absolute Gasteiger partial charge is 0.480 e. The summed E-state index contributed by atoms with van der Waals surface area (Å²) in [5.41, 5.74) is 2.28. The predicted octanol–water partition coefficient (Wildman–Crippen LogP) is 2.12. The topological polar surface area (TPSA) is 21.3 Å². The van der Waals surface area contributed by atoms with Crippen LogP contribution in [-0.4, -0.2) is 13.2 Å². The summed E-state index contributed by atoms with van der Waals surface area (Å²) in [7, 11) is 0. The van der Waals surface area contributed by atoms with Crippen LogP contribution in [0.25, 0.3) is 0 Å². The lowest BCUT2D eigenvalue weighted by molar-refractivity contribution is 0.362. The van der Waals surface area contributed by atoms with Crippen molar-refractivity contribution in [1.29, 1.82) is 0 Å². The maximum Gasteiger partial charge on any atom is 0.148 e. The maximum atomic E-state index is 5.54. The Morgan fingerprint density at radius 3 is 2.93 bits per heavy atom. The molecule has 0 atom stereocenters. The van der Waals surface area contributed by atoms with E-state index in [0.29, 0.717) is 6.61 Å². The van der Waals surface area contributed by atoms with Crippen LogP contribution in [0.15, 0.2) is 18.2 Å². The molecule has 0 heterocycles. The molecule has 0 saturated heterocycles. The van der Waals surface area contributed by atoms with E-state index in [1.165, 1.54) is 0 Å². The molecule has 0 unspecified atom stereocenters. The molecule has 15 heavy (non-hydrogen) atoms. The molecule has 1 aromatic carbocycles. The third kappa shape index (κ3) is 3.30. The van der Waals surface area contributed by atoms with Crippen LogP contribution in [0, 0.1) is 19.3 Å². The molecule has 80 valence electrons. The van der Waals surface area contributed by atoms with E-state index in [9.17, 15) is 0 Å². The zero-order valence-corrected chi connectivity index (χ0v) is 9.34. The summed E-state index contributed by atoms with van der Waals surface area (Å²) < 4.78 is 5.54. The second-order valence-corrected chi connectivity index (χ2v) is 3.34. The number of nitrogens with one attached hydrogen (secondary N) is 1. The van der Waals surface area contributed by atoms with Gasteiger partial charge in [-0.3, -0.25) is 0 Å². The van der Waals surface area contributed by atoms with Gasteiger partial charge in [0.25, 0.3) is 0 Å². The summed E-state index contributed by atoms with van der Waals surface area (Å²) >= 11 is 0. The Bertz CT molecular complexity index is 352. The fourth-order valence-electron chi connectivity index (χ4n) is 1.43. The summed E-state index contributed by atoms with van der Waals surface area (Å²) in [6.07, 6.45) is 5.19. The van der Waals surface area contributed by atoms with E-state index in [0.717, 1.165) is 30.0 Å². The van der Waals surface area contributed by atoms with E-state index < -0.39 is 0 Å². The van der Waals surface area contributed by atoms with Crippen molar-refractivity contribution >= 4 is 0 Å². The SMILES string of the molecule is C#CCOc1c(C)cccc1CNCC. The Morgan fingerprint density at radius 2 is 2.27 bits per heavy atom. The molecular formula is C13H17NO. The third-order valence-electron chi connectivity index (χ3n) is 2.16. The van der Waals surface area contributed by atoms with Gasteiger partial charge < -0.3 is 10.1 Å². The van der Waals surface area contributed by atoms with Gasteiger partial charge in [0, 0.05) is 12.1 Å². The quantitative estimate of drug-likeness (QED) is 0.740. The number of benzene rings is 1. The van der Waals surface area contributed by atoms with Crippen LogP contribution in [0.2, 0.25) is 0 Å². The minimum Gasteiger partial charge on any atom is -0.480 e.